The molecule has 2 heterocycles. The Morgan fingerprint density at radius 2 is 1.73 bits per heavy atom. The summed E-state index contributed by atoms with van der Waals surface area (Å²) >= 11 is 0. The van der Waals surface area contributed by atoms with E-state index in [1.165, 1.54) is 43.5 Å². The predicted molar refractivity (Wildman–Crippen MR) is 106 cm³/mol. The van der Waals surface area contributed by atoms with E-state index >= 15 is 0 Å². The summed E-state index contributed by atoms with van der Waals surface area (Å²) in [6.07, 6.45) is -4.96. The molecule has 0 radical (unpaired) electrons. The van der Waals surface area contributed by atoms with Crippen LogP contribution in [0.4, 0.5) is 19.0 Å². The average Bonchev–Trinajstić information content (AvgIpc) is 2.73. The zero-order chi connectivity index (χ0) is 22.0. The number of pyridine rings is 1. The molecule has 11 heteroatoms. The zero-order valence-electron chi connectivity index (χ0n) is 16.5. The van der Waals surface area contributed by atoms with Gasteiger partial charge in [-0.15, -0.1) is 0 Å². The van der Waals surface area contributed by atoms with Crippen LogP contribution in [0.5, 0.6) is 5.88 Å². The predicted octanol–water partition coefficient (Wildman–Crippen LogP) is 2.26. The summed E-state index contributed by atoms with van der Waals surface area (Å²) in [7, 11) is -3.27. The van der Waals surface area contributed by atoms with Crippen molar-refractivity contribution in [3.05, 3.63) is 48.0 Å². The van der Waals surface area contributed by atoms with Gasteiger partial charge in [0.2, 0.25) is 15.9 Å². The molecular weight excluding hydrogens is 421 g/mol. The Hall–Kier alpha value is -2.37. The highest BCUT2D eigenvalue weighted by atomic mass is 32.2. The molecule has 7 nitrogen and oxygen atoms in total. The van der Waals surface area contributed by atoms with Crippen LogP contribution in [0.15, 0.2) is 47.4 Å². The summed E-state index contributed by atoms with van der Waals surface area (Å²) in [4.78, 5) is 5.88. The van der Waals surface area contributed by atoms with E-state index < -0.39 is 27.3 Å². The van der Waals surface area contributed by atoms with Gasteiger partial charge in [-0.05, 0) is 31.2 Å². The number of aromatic nitrogens is 1. The minimum absolute atomic E-state index is 0.273. The minimum Gasteiger partial charge on any atom is -0.481 e. The van der Waals surface area contributed by atoms with E-state index in [1.54, 1.807) is 6.07 Å². The fourth-order valence-corrected chi connectivity index (χ4v) is 4.63. The second kappa shape index (κ2) is 8.40. The SMILES string of the molecule is COc1nc(N2CCNCC2)ccc1[C@@](C)(NS(=O)(=O)c1ccccc1)C(F)(F)F. The lowest BCUT2D eigenvalue weighted by molar-refractivity contribution is -0.189. The number of nitrogens with zero attached hydrogens (tertiary/aromatic N) is 2. The van der Waals surface area contributed by atoms with Crippen LogP contribution in [-0.2, 0) is 15.6 Å². The number of nitrogens with one attached hydrogen (secondary N) is 2. The van der Waals surface area contributed by atoms with Gasteiger partial charge in [0.05, 0.1) is 12.0 Å². The second-order valence-electron chi connectivity index (χ2n) is 7.00. The summed E-state index contributed by atoms with van der Waals surface area (Å²) < 4.78 is 74.9. The molecule has 0 spiro atoms. The lowest BCUT2D eigenvalue weighted by atomic mass is 9.93. The maximum absolute atomic E-state index is 14.2. The first-order valence-corrected chi connectivity index (χ1v) is 10.7. The number of hydrogen-bond acceptors (Lipinski definition) is 6. The van der Waals surface area contributed by atoms with Gasteiger partial charge in [-0.3, -0.25) is 0 Å². The first-order chi connectivity index (χ1) is 14.1. The van der Waals surface area contributed by atoms with Crippen molar-refractivity contribution >= 4 is 15.8 Å². The van der Waals surface area contributed by atoms with Crippen LogP contribution in [0.3, 0.4) is 0 Å². The molecule has 1 aromatic carbocycles. The number of sulfonamides is 1. The van der Waals surface area contributed by atoms with Crippen molar-refractivity contribution < 1.29 is 26.3 Å². The summed E-state index contributed by atoms with van der Waals surface area (Å²) in [6, 6.07) is 9.55. The number of hydrogen-bond donors (Lipinski definition) is 2. The van der Waals surface area contributed by atoms with Crippen molar-refractivity contribution in [3.63, 3.8) is 0 Å². The maximum Gasteiger partial charge on any atom is 0.411 e. The van der Waals surface area contributed by atoms with E-state index in [4.69, 9.17) is 4.74 Å². The number of piperazine rings is 1. The van der Waals surface area contributed by atoms with Crippen LogP contribution >= 0.6 is 0 Å². The molecule has 0 bridgehead atoms. The highest BCUT2D eigenvalue weighted by Gasteiger charge is 2.56. The fourth-order valence-electron chi connectivity index (χ4n) is 3.23. The molecule has 1 aliphatic rings. The number of anilines is 1. The Morgan fingerprint density at radius 3 is 2.30 bits per heavy atom. The van der Waals surface area contributed by atoms with Crippen molar-refractivity contribution in [2.45, 2.75) is 23.5 Å². The molecule has 0 unspecified atom stereocenters. The highest BCUT2D eigenvalue weighted by Crippen LogP contribution is 2.43. The monoisotopic (exact) mass is 444 g/mol. The molecule has 1 aliphatic heterocycles. The summed E-state index contributed by atoms with van der Waals surface area (Å²) in [5.41, 5.74) is -3.38. The third-order valence-corrected chi connectivity index (χ3v) is 6.55. The maximum atomic E-state index is 14.2. The molecule has 2 aromatic rings. The highest BCUT2D eigenvalue weighted by molar-refractivity contribution is 7.89. The third-order valence-electron chi connectivity index (χ3n) is 4.98. The summed E-state index contributed by atoms with van der Waals surface area (Å²) in [5.74, 6) is 0.175. The van der Waals surface area contributed by atoms with E-state index in [-0.39, 0.29) is 10.8 Å². The smallest absolute Gasteiger partial charge is 0.411 e. The number of benzene rings is 1. The quantitative estimate of drug-likeness (QED) is 0.711. The summed E-state index contributed by atoms with van der Waals surface area (Å²) in [6.45, 7) is 3.50. The van der Waals surface area contributed by atoms with Crippen molar-refractivity contribution in [1.29, 1.82) is 0 Å². The standard InChI is InChI=1S/C19H23F3N4O3S/c1-18(19(20,21)22,25-30(27,28)14-6-4-3-5-7-14)15-8-9-16(24-17(15)29-2)26-12-10-23-11-13-26/h3-9,23,25H,10-13H2,1-2H3/t18-/m1/s1. The van der Waals surface area contributed by atoms with E-state index in [9.17, 15) is 21.6 Å². The molecular formula is C19H23F3N4O3S. The molecule has 0 aliphatic carbocycles. The molecule has 3 rings (SSSR count). The number of halogens is 3. The Kier molecular flexibility index (Phi) is 6.25. The van der Waals surface area contributed by atoms with E-state index in [0.29, 0.717) is 18.9 Å². The van der Waals surface area contributed by atoms with Crippen molar-refractivity contribution in [2.24, 2.45) is 0 Å². The number of rotatable bonds is 6. The van der Waals surface area contributed by atoms with Crippen LogP contribution in [0, 0.1) is 0 Å². The molecule has 30 heavy (non-hydrogen) atoms. The first-order valence-electron chi connectivity index (χ1n) is 9.25. The third kappa shape index (κ3) is 4.37. The van der Waals surface area contributed by atoms with Gasteiger partial charge in [0.25, 0.3) is 0 Å². The van der Waals surface area contributed by atoms with Crippen molar-refractivity contribution in [3.8, 4) is 5.88 Å². The molecule has 0 amide bonds. The molecule has 2 N–H and O–H groups in total. The average molecular weight is 444 g/mol. The molecule has 1 aromatic heterocycles. The largest absolute Gasteiger partial charge is 0.481 e. The van der Waals surface area contributed by atoms with Gasteiger partial charge in [-0.1, -0.05) is 18.2 Å². The van der Waals surface area contributed by atoms with E-state index in [2.05, 4.69) is 10.3 Å². The summed E-state index contributed by atoms with van der Waals surface area (Å²) in [5, 5.41) is 3.18. The molecule has 1 fully saturated rings. The number of methoxy groups -OCH3 is 1. The van der Waals surface area contributed by atoms with Gasteiger partial charge in [0.15, 0.2) is 5.54 Å². The van der Waals surface area contributed by atoms with Crippen LogP contribution < -0.4 is 19.7 Å². The van der Waals surface area contributed by atoms with Gasteiger partial charge in [0, 0.05) is 31.7 Å². The fraction of sp³-hybridized carbons (Fsp3) is 0.421. The van der Waals surface area contributed by atoms with Gasteiger partial charge < -0.3 is 15.0 Å². The minimum atomic E-state index is -4.96. The molecule has 1 saturated heterocycles. The van der Waals surface area contributed by atoms with Gasteiger partial charge >= 0.3 is 6.18 Å². The number of ether oxygens (including phenoxy) is 1. The van der Waals surface area contributed by atoms with Crippen LogP contribution in [0.25, 0.3) is 0 Å². The Morgan fingerprint density at radius 1 is 1.10 bits per heavy atom. The van der Waals surface area contributed by atoms with Gasteiger partial charge in [0.1, 0.15) is 5.82 Å². The van der Waals surface area contributed by atoms with Gasteiger partial charge in [-0.25, -0.2) is 8.42 Å². The Bertz CT molecular complexity index is 980. The van der Waals surface area contributed by atoms with E-state index in [1.807, 2.05) is 9.62 Å². The molecule has 0 saturated carbocycles. The van der Waals surface area contributed by atoms with E-state index in [0.717, 1.165) is 20.0 Å². The Labute approximate surface area is 173 Å². The van der Waals surface area contributed by atoms with Crippen molar-refractivity contribution in [2.75, 3.05) is 38.2 Å². The van der Waals surface area contributed by atoms with Crippen LogP contribution in [-0.4, -0.2) is 52.9 Å². The Balaban J connectivity index is 2.05. The van der Waals surface area contributed by atoms with Crippen molar-refractivity contribution in [1.82, 2.24) is 15.0 Å². The first kappa shape index (κ1) is 22.3. The molecule has 164 valence electrons. The number of alkyl halides is 3. The lowest BCUT2D eigenvalue weighted by Gasteiger charge is -2.34. The second-order valence-corrected chi connectivity index (χ2v) is 8.69. The topological polar surface area (TPSA) is 83.6 Å². The molecule has 1 atom stereocenters. The lowest BCUT2D eigenvalue weighted by Crippen LogP contribution is -2.54. The van der Waals surface area contributed by atoms with Crippen LogP contribution in [0.1, 0.15) is 12.5 Å². The van der Waals surface area contributed by atoms with Gasteiger partial charge in [-0.2, -0.15) is 22.9 Å². The normalized spacial score (nSPS) is 17.4. The zero-order valence-corrected chi connectivity index (χ0v) is 17.3. The van der Waals surface area contributed by atoms with Crippen LogP contribution in [0.2, 0.25) is 0 Å².